The molecule has 0 aliphatic carbocycles. The van der Waals surface area contributed by atoms with Crippen molar-refractivity contribution in [3.63, 3.8) is 0 Å². The van der Waals surface area contributed by atoms with Crippen molar-refractivity contribution in [2.24, 2.45) is 0 Å². The second kappa shape index (κ2) is 9.98. The highest BCUT2D eigenvalue weighted by atomic mass is 16.6. The third-order valence-corrected chi connectivity index (χ3v) is 6.66. The van der Waals surface area contributed by atoms with Gasteiger partial charge in [0.25, 0.3) is 0 Å². The fourth-order valence-electron chi connectivity index (χ4n) is 4.75. The first kappa shape index (κ1) is 26.6. The number of rotatable bonds is 5. The second-order valence-electron chi connectivity index (χ2n) is 10.8. The van der Waals surface area contributed by atoms with Crippen molar-refractivity contribution in [2.75, 3.05) is 13.7 Å². The number of ketones is 1. The smallest absolute Gasteiger partial charge is 0.202 e. The van der Waals surface area contributed by atoms with Crippen LogP contribution in [0.4, 0.5) is 0 Å². The molecule has 2 unspecified atom stereocenters. The number of phenolic OH excluding ortho intramolecular Hbond substituents is 2. The highest BCUT2D eigenvalue weighted by molar-refractivity contribution is 6.05. The molecule has 0 fully saturated rings. The third-order valence-electron chi connectivity index (χ3n) is 6.66. The summed E-state index contributed by atoms with van der Waals surface area (Å²) >= 11 is 0. The maximum atomic E-state index is 12.9. The molecule has 2 aliphatic heterocycles. The molecule has 0 saturated carbocycles. The summed E-state index contributed by atoms with van der Waals surface area (Å²) < 4.78 is 30.1. The summed E-state index contributed by atoms with van der Waals surface area (Å²) in [6.07, 6.45) is -3.69. The van der Waals surface area contributed by atoms with E-state index in [0.29, 0.717) is 33.9 Å². The zero-order valence-electron chi connectivity index (χ0n) is 22.4. The summed E-state index contributed by atoms with van der Waals surface area (Å²) in [5, 5.41) is 31.2. The van der Waals surface area contributed by atoms with Crippen LogP contribution in [0, 0.1) is 6.92 Å². The molecule has 4 atom stereocenters. The number of fused-ring (bicyclic) bond motifs is 2. The molecule has 0 aromatic heterocycles. The predicted molar refractivity (Wildman–Crippen MR) is 141 cm³/mol. The summed E-state index contributed by atoms with van der Waals surface area (Å²) in [6.45, 7) is 7.86. The van der Waals surface area contributed by atoms with Gasteiger partial charge in [0.05, 0.1) is 19.3 Å². The lowest BCUT2D eigenvalue weighted by atomic mass is 9.92. The van der Waals surface area contributed by atoms with Crippen LogP contribution < -0.4 is 18.9 Å². The Balaban J connectivity index is 1.49. The highest BCUT2D eigenvalue weighted by Gasteiger charge is 2.40. The van der Waals surface area contributed by atoms with E-state index in [1.54, 1.807) is 43.3 Å². The van der Waals surface area contributed by atoms with Gasteiger partial charge in [0.15, 0.2) is 47.4 Å². The van der Waals surface area contributed by atoms with Gasteiger partial charge in [-0.1, -0.05) is 12.1 Å². The van der Waals surface area contributed by atoms with E-state index in [-0.39, 0.29) is 29.4 Å². The maximum Gasteiger partial charge on any atom is 0.202 e. The van der Waals surface area contributed by atoms with Gasteiger partial charge in [-0.2, -0.15) is 0 Å². The monoisotopic (exact) mass is 536 g/mol. The number of aliphatic hydroxyl groups excluding tert-OH is 1. The number of carbonyl (C=O) groups is 1. The topological polar surface area (TPSA) is 124 Å². The third kappa shape index (κ3) is 5.20. The Kier molecular flexibility index (Phi) is 6.82. The average molecular weight is 537 g/mol. The molecule has 3 aromatic carbocycles. The lowest BCUT2D eigenvalue weighted by molar-refractivity contribution is -0.0822. The number of carbonyl (C=O) groups excluding carboxylic acids is 1. The molecule has 0 bridgehead atoms. The van der Waals surface area contributed by atoms with E-state index in [4.69, 9.17) is 23.7 Å². The molecular formula is C30H32O9. The van der Waals surface area contributed by atoms with Crippen molar-refractivity contribution >= 4 is 5.78 Å². The number of aliphatic hydroxyl groups is 1. The number of Topliss-reactive ketones (excluding diaryl/α,β-unsaturated/α-hetero) is 1. The number of phenols is 2. The first-order valence-electron chi connectivity index (χ1n) is 12.7. The van der Waals surface area contributed by atoms with E-state index in [1.165, 1.54) is 19.2 Å². The summed E-state index contributed by atoms with van der Waals surface area (Å²) in [5.41, 5.74) is 1.47. The van der Waals surface area contributed by atoms with Crippen LogP contribution in [0.25, 0.3) is 0 Å². The standard InChI is InChI=1S/C30H32O9/c1-15-10-19(32)25-23(11-15)39-29(27(34)26(25)33)17-7-9-20-22(13-17)38-28(24(37-20)14-36-30(2,3)4)16-6-8-18(31)21(12-16)35-5/h6-13,24,27-29,31-32,34H,14H2,1-5H3/t24-,27?,28?,29-/m0/s1. The number of ether oxygens (including phenoxy) is 5. The van der Waals surface area contributed by atoms with Crippen LogP contribution in [-0.4, -0.2) is 52.6 Å². The minimum atomic E-state index is -1.53. The zero-order chi connectivity index (χ0) is 28.1. The molecule has 3 aromatic rings. The van der Waals surface area contributed by atoms with Crippen molar-refractivity contribution in [3.05, 3.63) is 70.8 Å². The molecule has 0 saturated heterocycles. The lowest BCUT2D eigenvalue weighted by Gasteiger charge is -2.36. The molecule has 2 aliphatic rings. The van der Waals surface area contributed by atoms with Crippen molar-refractivity contribution in [1.29, 1.82) is 0 Å². The van der Waals surface area contributed by atoms with Gasteiger partial charge in [-0.15, -0.1) is 0 Å². The van der Waals surface area contributed by atoms with Crippen molar-refractivity contribution < 1.29 is 43.8 Å². The summed E-state index contributed by atoms with van der Waals surface area (Å²) in [7, 11) is 1.47. The molecule has 0 radical (unpaired) electrons. The molecule has 2 heterocycles. The fraction of sp³-hybridized carbons (Fsp3) is 0.367. The Bertz CT molecular complexity index is 1410. The maximum absolute atomic E-state index is 12.9. The van der Waals surface area contributed by atoms with Crippen LogP contribution >= 0.6 is 0 Å². The minimum absolute atomic E-state index is 0.00203. The normalized spacial score (nSPS) is 22.2. The Labute approximate surface area is 226 Å². The molecule has 3 N–H and O–H groups in total. The first-order valence-corrected chi connectivity index (χ1v) is 12.7. The number of aromatic hydroxyl groups is 2. The zero-order valence-corrected chi connectivity index (χ0v) is 22.4. The molecule has 0 amide bonds. The van der Waals surface area contributed by atoms with Crippen LogP contribution in [-0.2, 0) is 4.74 Å². The van der Waals surface area contributed by atoms with Crippen LogP contribution in [0.2, 0.25) is 0 Å². The minimum Gasteiger partial charge on any atom is -0.507 e. The van der Waals surface area contributed by atoms with Crippen molar-refractivity contribution in [2.45, 2.75) is 57.7 Å². The van der Waals surface area contributed by atoms with Crippen LogP contribution in [0.3, 0.4) is 0 Å². The number of methoxy groups -OCH3 is 1. The highest BCUT2D eigenvalue weighted by Crippen LogP contribution is 2.45. The number of hydrogen-bond acceptors (Lipinski definition) is 9. The number of benzene rings is 3. The summed E-state index contributed by atoms with van der Waals surface area (Å²) in [5.74, 6) is 0.494. The summed E-state index contributed by atoms with van der Waals surface area (Å²) in [6, 6.07) is 13.1. The van der Waals surface area contributed by atoms with Gasteiger partial charge in [-0.3, -0.25) is 4.79 Å². The first-order chi connectivity index (χ1) is 18.4. The Morgan fingerprint density at radius 1 is 0.846 bits per heavy atom. The van der Waals surface area contributed by atoms with Gasteiger partial charge in [0, 0.05) is 5.56 Å². The van der Waals surface area contributed by atoms with Crippen LogP contribution in [0.1, 0.15) is 60.0 Å². The lowest BCUT2D eigenvalue weighted by Crippen LogP contribution is -2.39. The SMILES string of the molecule is COc1cc(C2Oc3cc([C@@H]4Oc5cc(C)cc(O)c5C(=O)C4O)ccc3O[C@H]2COC(C)(C)C)ccc1O. The number of hydrogen-bond donors (Lipinski definition) is 3. The van der Waals surface area contributed by atoms with E-state index in [0.717, 1.165) is 0 Å². The Morgan fingerprint density at radius 2 is 1.54 bits per heavy atom. The van der Waals surface area contributed by atoms with E-state index in [2.05, 4.69) is 0 Å². The Morgan fingerprint density at radius 3 is 2.26 bits per heavy atom. The Hall–Kier alpha value is -3.95. The predicted octanol–water partition coefficient (Wildman–Crippen LogP) is 4.79. The van der Waals surface area contributed by atoms with E-state index >= 15 is 0 Å². The van der Waals surface area contributed by atoms with Crippen LogP contribution in [0.15, 0.2) is 48.5 Å². The molecule has 9 nitrogen and oxygen atoms in total. The molecule has 39 heavy (non-hydrogen) atoms. The van der Waals surface area contributed by atoms with Gasteiger partial charge in [-0.05, 0) is 75.2 Å². The van der Waals surface area contributed by atoms with E-state index in [1.807, 2.05) is 20.8 Å². The molecular weight excluding hydrogens is 504 g/mol. The second-order valence-corrected chi connectivity index (χ2v) is 10.8. The van der Waals surface area contributed by atoms with Gasteiger partial charge < -0.3 is 39.0 Å². The fourth-order valence-corrected chi connectivity index (χ4v) is 4.75. The largest absolute Gasteiger partial charge is 0.507 e. The average Bonchev–Trinajstić information content (AvgIpc) is 2.88. The van der Waals surface area contributed by atoms with E-state index < -0.39 is 35.8 Å². The molecule has 0 spiro atoms. The van der Waals surface area contributed by atoms with Crippen LogP contribution in [0.5, 0.6) is 34.5 Å². The summed E-state index contributed by atoms with van der Waals surface area (Å²) in [4.78, 5) is 12.9. The van der Waals surface area contributed by atoms with Crippen molar-refractivity contribution in [1.82, 2.24) is 0 Å². The quantitative estimate of drug-likeness (QED) is 0.422. The van der Waals surface area contributed by atoms with Gasteiger partial charge >= 0.3 is 0 Å². The van der Waals surface area contributed by atoms with Gasteiger partial charge in [-0.25, -0.2) is 0 Å². The van der Waals surface area contributed by atoms with E-state index in [9.17, 15) is 20.1 Å². The van der Waals surface area contributed by atoms with Gasteiger partial charge in [0.1, 0.15) is 17.1 Å². The molecule has 206 valence electrons. The molecule has 9 heteroatoms. The van der Waals surface area contributed by atoms with Gasteiger partial charge in [0.2, 0.25) is 5.78 Å². The number of aryl methyl sites for hydroxylation is 1. The molecule has 5 rings (SSSR count). The van der Waals surface area contributed by atoms with Crippen molar-refractivity contribution in [3.8, 4) is 34.5 Å².